The van der Waals surface area contributed by atoms with Crippen LogP contribution in [0.5, 0.6) is 0 Å². The third-order valence-corrected chi connectivity index (χ3v) is 4.33. The summed E-state index contributed by atoms with van der Waals surface area (Å²) in [5.74, 6) is -0.362. The summed E-state index contributed by atoms with van der Waals surface area (Å²) in [5.41, 5.74) is -0.564. The highest BCUT2D eigenvalue weighted by Gasteiger charge is 2.46. The summed E-state index contributed by atoms with van der Waals surface area (Å²) < 4.78 is 0. The minimum Gasteiger partial charge on any atom is -0.481 e. The number of hydrogen-bond donors (Lipinski definition) is 2. The third-order valence-electron chi connectivity index (χ3n) is 4.33. The van der Waals surface area contributed by atoms with Crippen molar-refractivity contribution in [2.75, 3.05) is 0 Å². The van der Waals surface area contributed by atoms with Crippen LogP contribution in [0, 0.1) is 11.3 Å². The van der Waals surface area contributed by atoms with E-state index in [0.717, 1.165) is 25.7 Å². The lowest BCUT2D eigenvalue weighted by molar-refractivity contribution is -0.157. The number of aliphatic hydroxyl groups excluding tert-OH is 1. The number of carbonyl (C=O) groups is 1. The lowest BCUT2D eigenvalue weighted by Gasteiger charge is -2.41. The quantitative estimate of drug-likeness (QED) is 0.752. The molecular formula is C14H26O3. The second-order valence-electron chi connectivity index (χ2n) is 5.47. The highest BCUT2D eigenvalue weighted by Crippen LogP contribution is 2.46. The highest BCUT2D eigenvalue weighted by molar-refractivity contribution is 5.75. The van der Waals surface area contributed by atoms with E-state index < -0.39 is 11.4 Å². The minimum absolute atomic E-state index is 0.280. The van der Waals surface area contributed by atoms with Gasteiger partial charge in [0.1, 0.15) is 0 Å². The summed E-state index contributed by atoms with van der Waals surface area (Å²) in [4.78, 5) is 11.7. The molecule has 0 spiro atoms. The van der Waals surface area contributed by atoms with Gasteiger partial charge in [0.2, 0.25) is 0 Å². The molecule has 100 valence electrons. The van der Waals surface area contributed by atoms with E-state index in [4.69, 9.17) is 0 Å². The summed E-state index contributed by atoms with van der Waals surface area (Å²) in [7, 11) is 0. The molecule has 0 heterocycles. The van der Waals surface area contributed by atoms with Crippen molar-refractivity contribution in [2.24, 2.45) is 11.3 Å². The molecule has 2 N–H and O–H groups in total. The predicted molar refractivity (Wildman–Crippen MR) is 67.8 cm³/mol. The number of aliphatic hydroxyl groups is 1. The maximum atomic E-state index is 11.7. The normalized spacial score (nSPS) is 29.5. The third kappa shape index (κ3) is 3.21. The van der Waals surface area contributed by atoms with Crippen molar-refractivity contribution >= 4 is 5.97 Å². The van der Waals surface area contributed by atoms with Gasteiger partial charge in [-0.15, -0.1) is 0 Å². The van der Waals surface area contributed by atoms with Gasteiger partial charge in [-0.3, -0.25) is 4.79 Å². The number of aliphatic carboxylic acids is 1. The van der Waals surface area contributed by atoms with Crippen LogP contribution in [0.4, 0.5) is 0 Å². The summed E-state index contributed by atoms with van der Waals surface area (Å²) in [5, 5.41) is 19.2. The molecule has 0 bridgehead atoms. The first kappa shape index (κ1) is 14.5. The Bertz CT molecular complexity index is 236. The molecule has 0 aromatic heterocycles. The Morgan fingerprint density at radius 2 is 1.71 bits per heavy atom. The van der Waals surface area contributed by atoms with E-state index in [1.165, 1.54) is 0 Å². The molecule has 0 aliphatic heterocycles. The molecule has 1 aliphatic carbocycles. The van der Waals surface area contributed by atoms with Crippen molar-refractivity contribution in [1.82, 2.24) is 0 Å². The Balaban J connectivity index is 2.84. The molecule has 3 nitrogen and oxygen atoms in total. The van der Waals surface area contributed by atoms with Crippen LogP contribution in [0.15, 0.2) is 0 Å². The average Bonchev–Trinajstić information content (AvgIpc) is 2.30. The van der Waals surface area contributed by atoms with Gasteiger partial charge in [0.15, 0.2) is 0 Å². The second kappa shape index (κ2) is 6.39. The number of carboxylic acid groups (broad SMARTS) is 1. The van der Waals surface area contributed by atoms with Crippen molar-refractivity contribution in [3.63, 3.8) is 0 Å². The smallest absolute Gasteiger partial charge is 0.309 e. The zero-order valence-electron chi connectivity index (χ0n) is 11.1. The Hall–Kier alpha value is -0.570. The number of hydrogen-bond acceptors (Lipinski definition) is 2. The van der Waals surface area contributed by atoms with Crippen LogP contribution in [0.25, 0.3) is 0 Å². The molecule has 0 atom stereocenters. The van der Waals surface area contributed by atoms with E-state index in [-0.39, 0.29) is 12.0 Å². The van der Waals surface area contributed by atoms with Crippen molar-refractivity contribution in [3.05, 3.63) is 0 Å². The maximum absolute atomic E-state index is 11.7. The van der Waals surface area contributed by atoms with Crippen molar-refractivity contribution in [3.8, 4) is 0 Å². The van der Waals surface area contributed by atoms with E-state index in [9.17, 15) is 15.0 Å². The molecule has 0 aromatic rings. The van der Waals surface area contributed by atoms with Gasteiger partial charge in [-0.25, -0.2) is 0 Å². The average molecular weight is 242 g/mol. The van der Waals surface area contributed by atoms with E-state index in [0.29, 0.717) is 25.7 Å². The first-order chi connectivity index (χ1) is 8.06. The molecule has 1 fully saturated rings. The molecule has 1 rings (SSSR count). The molecule has 3 heteroatoms. The molecule has 0 aromatic carbocycles. The van der Waals surface area contributed by atoms with Gasteiger partial charge in [-0.1, -0.05) is 26.7 Å². The van der Waals surface area contributed by atoms with Gasteiger partial charge in [-0.05, 0) is 44.4 Å². The van der Waals surface area contributed by atoms with Crippen LogP contribution >= 0.6 is 0 Å². The molecule has 1 saturated carbocycles. The Morgan fingerprint density at radius 1 is 1.24 bits per heavy atom. The predicted octanol–water partition coefficient (Wildman–Crippen LogP) is 3.21. The van der Waals surface area contributed by atoms with Crippen LogP contribution in [0.3, 0.4) is 0 Å². The first-order valence-corrected chi connectivity index (χ1v) is 6.98. The summed E-state index contributed by atoms with van der Waals surface area (Å²) in [6, 6.07) is 0. The summed E-state index contributed by atoms with van der Waals surface area (Å²) in [6.45, 7) is 4.24. The molecule has 0 radical (unpaired) electrons. The minimum atomic E-state index is -0.642. The highest BCUT2D eigenvalue weighted by atomic mass is 16.4. The zero-order valence-corrected chi connectivity index (χ0v) is 11.1. The molecule has 0 amide bonds. The molecule has 1 aliphatic rings. The Morgan fingerprint density at radius 3 is 2.06 bits per heavy atom. The van der Waals surface area contributed by atoms with Gasteiger partial charge in [-0.2, -0.15) is 0 Å². The van der Waals surface area contributed by atoms with Crippen molar-refractivity contribution in [1.29, 1.82) is 0 Å². The Labute approximate surface area is 104 Å². The monoisotopic (exact) mass is 242 g/mol. The van der Waals surface area contributed by atoms with Gasteiger partial charge in [0.05, 0.1) is 11.5 Å². The van der Waals surface area contributed by atoms with E-state index >= 15 is 0 Å². The number of rotatable bonds is 6. The van der Waals surface area contributed by atoms with Crippen LogP contribution < -0.4 is 0 Å². The standard InChI is InChI=1S/C14H26O3/c1-3-5-11(6-4-2)14(13(16)17)9-7-12(15)8-10-14/h11-12,15H,3-10H2,1-2H3,(H,16,17). The van der Waals surface area contributed by atoms with E-state index in [1.807, 2.05) is 0 Å². The van der Waals surface area contributed by atoms with Crippen molar-refractivity contribution < 1.29 is 15.0 Å². The molecule has 17 heavy (non-hydrogen) atoms. The summed E-state index contributed by atoms with van der Waals surface area (Å²) in [6.07, 6.45) is 6.39. The van der Waals surface area contributed by atoms with Gasteiger partial charge < -0.3 is 10.2 Å². The van der Waals surface area contributed by atoms with Crippen LogP contribution in [-0.4, -0.2) is 22.3 Å². The largest absolute Gasteiger partial charge is 0.481 e. The zero-order chi connectivity index (χ0) is 12.9. The second-order valence-corrected chi connectivity index (χ2v) is 5.47. The van der Waals surface area contributed by atoms with Gasteiger partial charge in [0.25, 0.3) is 0 Å². The first-order valence-electron chi connectivity index (χ1n) is 6.98. The fourth-order valence-corrected chi connectivity index (χ4v) is 3.31. The lowest BCUT2D eigenvalue weighted by Crippen LogP contribution is -2.43. The molecular weight excluding hydrogens is 216 g/mol. The van der Waals surface area contributed by atoms with E-state index in [2.05, 4.69) is 13.8 Å². The van der Waals surface area contributed by atoms with Crippen LogP contribution in [0.1, 0.15) is 65.2 Å². The van der Waals surface area contributed by atoms with Crippen molar-refractivity contribution in [2.45, 2.75) is 71.3 Å². The topological polar surface area (TPSA) is 57.5 Å². The fourth-order valence-electron chi connectivity index (χ4n) is 3.31. The van der Waals surface area contributed by atoms with E-state index in [1.54, 1.807) is 0 Å². The van der Waals surface area contributed by atoms with Gasteiger partial charge >= 0.3 is 5.97 Å². The summed E-state index contributed by atoms with van der Waals surface area (Å²) >= 11 is 0. The molecule has 0 unspecified atom stereocenters. The van der Waals surface area contributed by atoms with Crippen LogP contribution in [-0.2, 0) is 4.79 Å². The SMILES string of the molecule is CCCC(CCC)C1(C(=O)O)CCC(O)CC1. The Kier molecular flexibility index (Phi) is 5.44. The van der Waals surface area contributed by atoms with Crippen LogP contribution in [0.2, 0.25) is 0 Å². The number of carboxylic acids is 1. The fraction of sp³-hybridized carbons (Fsp3) is 0.929. The van der Waals surface area contributed by atoms with Gasteiger partial charge in [0, 0.05) is 0 Å². The maximum Gasteiger partial charge on any atom is 0.309 e. The molecule has 0 saturated heterocycles. The lowest BCUT2D eigenvalue weighted by atomic mass is 9.63.